The van der Waals surface area contributed by atoms with Crippen LogP contribution in [0, 0.1) is 11.8 Å². The lowest BCUT2D eigenvalue weighted by Crippen LogP contribution is -2.29. The van der Waals surface area contributed by atoms with Crippen molar-refractivity contribution in [3.05, 3.63) is 30.3 Å². The molecule has 1 N–H and O–H groups in total. The number of hydrogen-bond donors (Lipinski definition) is 1. The monoisotopic (exact) mass is 219 g/mol. The Balaban J connectivity index is 1.60. The molecule has 1 aromatic carbocycles. The van der Waals surface area contributed by atoms with E-state index in [2.05, 4.69) is 12.2 Å². The van der Waals surface area contributed by atoms with E-state index in [1.54, 1.807) is 0 Å². The van der Waals surface area contributed by atoms with Crippen LogP contribution < -0.4 is 10.1 Å². The molecule has 3 nitrogen and oxygen atoms in total. The van der Waals surface area contributed by atoms with Crippen LogP contribution in [0.4, 0.5) is 0 Å². The Kier molecular flexibility index (Phi) is 3.44. The average molecular weight is 219 g/mol. The highest BCUT2D eigenvalue weighted by Crippen LogP contribution is 2.37. The van der Waals surface area contributed by atoms with Crippen LogP contribution in [0.3, 0.4) is 0 Å². The molecule has 1 aliphatic rings. The van der Waals surface area contributed by atoms with Crippen LogP contribution in [0.5, 0.6) is 5.75 Å². The third kappa shape index (κ3) is 2.99. The molecule has 1 fully saturated rings. The second-order valence-electron chi connectivity index (χ2n) is 4.27. The standard InChI is InChI=1S/C13H17NO2/c1-10-9-12(10)13(15)14-7-8-16-11-5-3-2-4-6-11/h2-6,10,12H,7-9H2,1H3,(H,14,15). The molecule has 86 valence electrons. The number of carbonyl (C=O) groups is 1. The molecule has 1 amide bonds. The van der Waals surface area contributed by atoms with Crippen molar-refractivity contribution in [3.8, 4) is 5.75 Å². The highest BCUT2D eigenvalue weighted by atomic mass is 16.5. The van der Waals surface area contributed by atoms with Crippen molar-refractivity contribution in [2.75, 3.05) is 13.2 Å². The third-order valence-electron chi connectivity index (χ3n) is 2.86. The Labute approximate surface area is 95.8 Å². The normalized spacial score (nSPS) is 22.6. The zero-order chi connectivity index (χ0) is 11.4. The number of para-hydroxylation sites is 1. The number of rotatable bonds is 5. The molecule has 2 rings (SSSR count). The summed E-state index contributed by atoms with van der Waals surface area (Å²) in [5, 5.41) is 2.88. The molecule has 0 radical (unpaired) electrons. The number of amides is 1. The van der Waals surface area contributed by atoms with Gasteiger partial charge in [0.2, 0.25) is 5.91 Å². The molecule has 1 aromatic rings. The molecular formula is C13H17NO2. The number of carbonyl (C=O) groups excluding carboxylic acids is 1. The highest BCUT2D eigenvalue weighted by Gasteiger charge is 2.38. The Morgan fingerprint density at radius 3 is 2.75 bits per heavy atom. The summed E-state index contributed by atoms with van der Waals surface area (Å²) in [5.74, 6) is 1.83. The van der Waals surface area contributed by atoms with Gasteiger partial charge in [0.25, 0.3) is 0 Å². The second kappa shape index (κ2) is 5.01. The molecule has 0 saturated heterocycles. The van der Waals surface area contributed by atoms with Gasteiger partial charge in [-0.05, 0) is 24.5 Å². The van der Waals surface area contributed by atoms with Crippen molar-refractivity contribution in [2.24, 2.45) is 11.8 Å². The Morgan fingerprint density at radius 2 is 2.12 bits per heavy atom. The van der Waals surface area contributed by atoms with E-state index in [1.165, 1.54) is 0 Å². The van der Waals surface area contributed by atoms with Gasteiger partial charge in [0.1, 0.15) is 12.4 Å². The molecule has 0 aromatic heterocycles. The zero-order valence-corrected chi connectivity index (χ0v) is 9.48. The summed E-state index contributed by atoms with van der Waals surface area (Å²) >= 11 is 0. The van der Waals surface area contributed by atoms with E-state index in [0.717, 1.165) is 12.2 Å². The van der Waals surface area contributed by atoms with Gasteiger partial charge in [0.05, 0.1) is 6.54 Å². The first-order chi connectivity index (χ1) is 7.77. The topological polar surface area (TPSA) is 38.3 Å². The molecule has 0 heterocycles. The Morgan fingerprint density at radius 1 is 1.44 bits per heavy atom. The van der Waals surface area contributed by atoms with Crippen LogP contribution in [-0.2, 0) is 4.79 Å². The van der Waals surface area contributed by atoms with E-state index in [1.807, 2.05) is 30.3 Å². The van der Waals surface area contributed by atoms with E-state index >= 15 is 0 Å². The largest absolute Gasteiger partial charge is 0.492 e. The number of hydrogen-bond acceptors (Lipinski definition) is 2. The van der Waals surface area contributed by atoms with Crippen LogP contribution in [0.2, 0.25) is 0 Å². The summed E-state index contributed by atoms with van der Waals surface area (Å²) in [4.78, 5) is 11.5. The predicted octanol–water partition coefficient (Wildman–Crippen LogP) is 1.84. The van der Waals surface area contributed by atoms with Gasteiger partial charge < -0.3 is 10.1 Å². The minimum Gasteiger partial charge on any atom is -0.492 e. The Bertz CT molecular complexity index is 350. The first-order valence-electron chi connectivity index (χ1n) is 5.73. The Hall–Kier alpha value is -1.51. The summed E-state index contributed by atoms with van der Waals surface area (Å²) in [6.07, 6.45) is 1.03. The molecular weight excluding hydrogens is 202 g/mol. The quantitative estimate of drug-likeness (QED) is 0.767. The SMILES string of the molecule is CC1CC1C(=O)NCCOc1ccccc1. The summed E-state index contributed by atoms with van der Waals surface area (Å²) in [6, 6.07) is 9.62. The molecule has 1 aliphatic carbocycles. The van der Waals surface area contributed by atoms with E-state index in [9.17, 15) is 4.79 Å². The maximum Gasteiger partial charge on any atom is 0.223 e. The number of nitrogens with one attached hydrogen (secondary N) is 1. The van der Waals surface area contributed by atoms with Crippen molar-refractivity contribution in [1.82, 2.24) is 5.32 Å². The fourth-order valence-corrected chi connectivity index (χ4v) is 1.68. The van der Waals surface area contributed by atoms with E-state index in [0.29, 0.717) is 19.1 Å². The van der Waals surface area contributed by atoms with Gasteiger partial charge in [-0.25, -0.2) is 0 Å². The lowest BCUT2D eigenvalue weighted by Gasteiger charge is -2.07. The molecule has 0 bridgehead atoms. The summed E-state index contributed by atoms with van der Waals surface area (Å²) in [5.41, 5.74) is 0. The van der Waals surface area contributed by atoms with Crippen LogP contribution in [0.1, 0.15) is 13.3 Å². The molecule has 3 heteroatoms. The molecule has 0 spiro atoms. The molecule has 2 unspecified atom stereocenters. The second-order valence-corrected chi connectivity index (χ2v) is 4.27. The number of ether oxygens (including phenoxy) is 1. The van der Waals surface area contributed by atoms with Gasteiger partial charge in [-0.1, -0.05) is 25.1 Å². The smallest absolute Gasteiger partial charge is 0.223 e. The average Bonchev–Trinajstić information content (AvgIpc) is 3.03. The summed E-state index contributed by atoms with van der Waals surface area (Å²) in [6.45, 7) is 3.21. The fraction of sp³-hybridized carbons (Fsp3) is 0.462. The van der Waals surface area contributed by atoms with Crippen molar-refractivity contribution in [1.29, 1.82) is 0 Å². The first kappa shape index (κ1) is 11.0. The fourth-order valence-electron chi connectivity index (χ4n) is 1.68. The zero-order valence-electron chi connectivity index (χ0n) is 9.48. The van der Waals surface area contributed by atoms with Gasteiger partial charge in [-0.15, -0.1) is 0 Å². The summed E-state index contributed by atoms with van der Waals surface area (Å²) in [7, 11) is 0. The number of benzene rings is 1. The molecule has 1 saturated carbocycles. The van der Waals surface area contributed by atoms with E-state index in [4.69, 9.17) is 4.74 Å². The van der Waals surface area contributed by atoms with Crippen molar-refractivity contribution in [3.63, 3.8) is 0 Å². The molecule has 16 heavy (non-hydrogen) atoms. The van der Waals surface area contributed by atoms with Crippen LogP contribution in [-0.4, -0.2) is 19.1 Å². The summed E-state index contributed by atoms with van der Waals surface area (Å²) < 4.78 is 5.47. The van der Waals surface area contributed by atoms with Gasteiger partial charge in [-0.2, -0.15) is 0 Å². The maximum absolute atomic E-state index is 11.5. The van der Waals surface area contributed by atoms with Gasteiger partial charge in [-0.3, -0.25) is 4.79 Å². The van der Waals surface area contributed by atoms with Gasteiger partial charge in [0.15, 0.2) is 0 Å². The lowest BCUT2D eigenvalue weighted by atomic mass is 10.3. The van der Waals surface area contributed by atoms with Crippen molar-refractivity contribution < 1.29 is 9.53 Å². The third-order valence-corrected chi connectivity index (χ3v) is 2.86. The van der Waals surface area contributed by atoms with Crippen LogP contribution in [0.15, 0.2) is 30.3 Å². The van der Waals surface area contributed by atoms with Gasteiger partial charge >= 0.3 is 0 Å². The minimum atomic E-state index is 0.171. The first-order valence-corrected chi connectivity index (χ1v) is 5.73. The highest BCUT2D eigenvalue weighted by molar-refractivity contribution is 5.81. The van der Waals surface area contributed by atoms with Crippen LogP contribution >= 0.6 is 0 Å². The molecule has 2 atom stereocenters. The predicted molar refractivity (Wildman–Crippen MR) is 62.2 cm³/mol. The van der Waals surface area contributed by atoms with Crippen molar-refractivity contribution >= 4 is 5.91 Å². The maximum atomic E-state index is 11.5. The van der Waals surface area contributed by atoms with E-state index < -0.39 is 0 Å². The van der Waals surface area contributed by atoms with E-state index in [-0.39, 0.29) is 11.8 Å². The molecule has 0 aliphatic heterocycles. The minimum absolute atomic E-state index is 0.171. The van der Waals surface area contributed by atoms with Gasteiger partial charge in [0, 0.05) is 5.92 Å². The lowest BCUT2D eigenvalue weighted by molar-refractivity contribution is -0.122. The van der Waals surface area contributed by atoms with Crippen molar-refractivity contribution in [2.45, 2.75) is 13.3 Å². The van der Waals surface area contributed by atoms with Crippen LogP contribution in [0.25, 0.3) is 0 Å².